The van der Waals surface area contributed by atoms with Gasteiger partial charge in [0.2, 0.25) is 0 Å². The Balaban J connectivity index is 2.07. The van der Waals surface area contributed by atoms with Crippen molar-refractivity contribution < 1.29 is 14.9 Å². The van der Waals surface area contributed by atoms with Crippen LogP contribution in [0.2, 0.25) is 0 Å². The van der Waals surface area contributed by atoms with E-state index in [1.165, 1.54) is 51.0 Å². The van der Waals surface area contributed by atoms with Gasteiger partial charge in [0.25, 0.3) is 0 Å². The van der Waals surface area contributed by atoms with E-state index in [1.807, 2.05) is 6.07 Å². The molecule has 1 rings (SSSR count). The number of para-hydroxylation sites is 1. The summed E-state index contributed by atoms with van der Waals surface area (Å²) in [5, 5.41) is 19.4. The van der Waals surface area contributed by atoms with Crippen LogP contribution in [0.15, 0.2) is 18.2 Å². The summed E-state index contributed by atoms with van der Waals surface area (Å²) in [5.41, 5.74) is 0.818. The minimum atomic E-state index is -0.0320. The third-order valence-electron chi connectivity index (χ3n) is 4.88. The van der Waals surface area contributed by atoms with Crippen molar-refractivity contribution >= 4 is 0 Å². The number of phenols is 2. The molecule has 3 heteroatoms. The zero-order valence-electron chi connectivity index (χ0n) is 16.3. The highest BCUT2D eigenvalue weighted by Crippen LogP contribution is 2.29. The van der Waals surface area contributed by atoms with Crippen LogP contribution in [0.4, 0.5) is 0 Å². The Bertz CT molecular complexity index is 445. The Labute approximate surface area is 154 Å². The molecule has 0 spiro atoms. The summed E-state index contributed by atoms with van der Waals surface area (Å²) in [6, 6.07) is 5.17. The van der Waals surface area contributed by atoms with Crippen LogP contribution in [0.1, 0.15) is 90.0 Å². The SMILES string of the molecule is CCCCCCCCCCOC(CC)CCCc1cccc(O)c1O. The predicted molar refractivity (Wildman–Crippen MR) is 105 cm³/mol. The van der Waals surface area contributed by atoms with Crippen LogP contribution in [-0.2, 0) is 11.2 Å². The highest BCUT2D eigenvalue weighted by molar-refractivity contribution is 5.44. The van der Waals surface area contributed by atoms with Crippen molar-refractivity contribution in [2.45, 2.75) is 97.0 Å². The molecule has 2 N–H and O–H groups in total. The van der Waals surface area contributed by atoms with Crippen LogP contribution in [0.5, 0.6) is 11.5 Å². The summed E-state index contributed by atoms with van der Waals surface area (Å²) in [6.45, 7) is 5.29. The van der Waals surface area contributed by atoms with E-state index in [4.69, 9.17) is 4.74 Å². The molecular weight excluding hydrogens is 312 g/mol. The van der Waals surface area contributed by atoms with Gasteiger partial charge in [-0.3, -0.25) is 0 Å². The second-order valence-electron chi connectivity index (χ2n) is 7.05. The summed E-state index contributed by atoms with van der Waals surface area (Å²) >= 11 is 0. The minimum Gasteiger partial charge on any atom is -0.504 e. The molecule has 3 nitrogen and oxygen atoms in total. The normalized spacial score (nSPS) is 12.4. The molecule has 1 aromatic rings. The van der Waals surface area contributed by atoms with Crippen LogP contribution in [0.25, 0.3) is 0 Å². The third-order valence-corrected chi connectivity index (χ3v) is 4.88. The van der Waals surface area contributed by atoms with E-state index in [9.17, 15) is 10.2 Å². The predicted octanol–water partition coefficient (Wildman–Crippen LogP) is 6.36. The van der Waals surface area contributed by atoms with Gasteiger partial charge >= 0.3 is 0 Å². The standard InChI is InChI=1S/C22H38O3/c1-3-5-6-7-8-9-10-11-18-25-20(4-2)16-12-14-19-15-13-17-21(23)22(19)24/h13,15,17,20,23-24H,3-12,14,16,18H2,1-2H3. The lowest BCUT2D eigenvalue weighted by Crippen LogP contribution is -2.13. The smallest absolute Gasteiger partial charge is 0.160 e. The van der Waals surface area contributed by atoms with Crippen molar-refractivity contribution in [1.29, 1.82) is 0 Å². The second-order valence-corrected chi connectivity index (χ2v) is 7.05. The van der Waals surface area contributed by atoms with E-state index in [0.717, 1.165) is 44.3 Å². The Hall–Kier alpha value is -1.22. The quantitative estimate of drug-likeness (QED) is 0.286. The van der Waals surface area contributed by atoms with Gasteiger partial charge in [0.15, 0.2) is 11.5 Å². The molecule has 0 saturated heterocycles. The van der Waals surface area contributed by atoms with Crippen molar-refractivity contribution in [2.75, 3.05) is 6.61 Å². The number of hydrogen-bond donors (Lipinski definition) is 2. The van der Waals surface area contributed by atoms with Crippen molar-refractivity contribution in [3.8, 4) is 11.5 Å². The van der Waals surface area contributed by atoms with E-state index in [0.29, 0.717) is 6.10 Å². The minimum absolute atomic E-state index is 0.0235. The van der Waals surface area contributed by atoms with Crippen LogP contribution in [-0.4, -0.2) is 22.9 Å². The second kappa shape index (κ2) is 14.0. The summed E-state index contributed by atoms with van der Waals surface area (Å²) in [5.74, 6) is -0.00844. The molecule has 0 aliphatic heterocycles. The summed E-state index contributed by atoms with van der Waals surface area (Å²) in [4.78, 5) is 0. The number of unbranched alkanes of at least 4 members (excludes halogenated alkanes) is 7. The molecule has 0 heterocycles. The number of hydrogen-bond acceptors (Lipinski definition) is 3. The maximum absolute atomic E-state index is 9.83. The van der Waals surface area contributed by atoms with E-state index >= 15 is 0 Å². The Morgan fingerprint density at radius 3 is 2.24 bits per heavy atom. The molecule has 0 radical (unpaired) electrons. The number of benzene rings is 1. The van der Waals surface area contributed by atoms with Crippen LogP contribution in [0.3, 0.4) is 0 Å². The Morgan fingerprint density at radius 2 is 1.56 bits per heavy atom. The van der Waals surface area contributed by atoms with Gasteiger partial charge in [-0.25, -0.2) is 0 Å². The Morgan fingerprint density at radius 1 is 0.880 bits per heavy atom. The van der Waals surface area contributed by atoms with E-state index < -0.39 is 0 Å². The lowest BCUT2D eigenvalue weighted by Gasteiger charge is -2.16. The Kier molecular flexibility index (Phi) is 12.2. The summed E-state index contributed by atoms with van der Waals surface area (Å²) in [6.07, 6.45) is 14.7. The molecule has 0 aromatic heterocycles. The molecule has 0 fully saturated rings. The number of rotatable bonds is 15. The summed E-state index contributed by atoms with van der Waals surface area (Å²) in [7, 11) is 0. The molecule has 0 bridgehead atoms. The third kappa shape index (κ3) is 9.74. The first-order valence-corrected chi connectivity index (χ1v) is 10.3. The molecule has 1 atom stereocenters. The van der Waals surface area contributed by atoms with Crippen molar-refractivity contribution in [2.24, 2.45) is 0 Å². The largest absolute Gasteiger partial charge is 0.504 e. The molecule has 1 aromatic carbocycles. The molecule has 0 amide bonds. The van der Waals surface area contributed by atoms with Crippen LogP contribution >= 0.6 is 0 Å². The average Bonchev–Trinajstić information content (AvgIpc) is 2.62. The molecule has 0 saturated carbocycles. The molecule has 0 aliphatic carbocycles. The van der Waals surface area contributed by atoms with Gasteiger partial charge in [-0.05, 0) is 43.7 Å². The summed E-state index contributed by atoms with van der Waals surface area (Å²) < 4.78 is 6.02. The zero-order chi connectivity index (χ0) is 18.3. The van der Waals surface area contributed by atoms with Gasteiger partial charge in [-0.15, -0.1) is 0 Å². The van der Waals surface area contributed by atoms with E-state index in [-0.39, 0.29) is 11.5 Å². The maximum Gasteiger partial charge on any atom is 0.160 e. The highest BCUT2D eigenvalue weighted by Gasteiger charge is 2.09. The fourth-order valence-electron chi connectivity index (χ4n) is 3.19. The first-order valence-electron chi connectivity index (χ1n) is 10.3. The fraction of sp³-hybridized carbons (Fsp3) is 0.727. The van der Waals surface area contributed by atoms with Gasteiger partial charge in [0, 0.05) is 6.61 Å². The van der Waals surface area contributed by atoms with Gasteiger partial charge in [0.05, 0.1) is 6.10 Å². The first-order chi connectivity index (χ1) is 12.2. The number of ether oxygens (including phenoxy) is 1. The zero-order valence-corrected chi connectivity index (χ0v) is 16.3. The highest BCUT2D eigenvalue weighted by atomic mass is 16.5. The van der Waals surface area contributed by atoms with Crippen molar-refractivity contribution in [3.63, 3.8) is 0 Å². The lowest BCUT2D eigenvalue weighted by atomic mass is 10.0. The molecule has 1 unspecified atom stereocenters. The number of phenolic OH excluding ortho intramolecular Hbond substituents is 2. The topological polar surface area (TPSA) is 49.7 Å². The van der Waals surface area contributed by atoms with Crippen LogP contribution < -0.4 is 0 Å². The van der Waals surface area contributed by atoms with Gasteiger partial charge in [-0.1, -0.05) is 70.9 Å². The average molecular weight is 351 g/mol. The van der Waals surface area contributed by atoms with Crippen LogP contribution in [0, 0.1) is 0 Å². The lowest BCUT2D eigenvalue weighted by molar-refractivity contribution is 0.0411. The van der Waals surface area contributed by atoms with Crippen molar-refractivity contribution in [3.05, 3.63) is 23.8 Å². The molecule has 25 heavy (non-hydrogen) atoms. The molecular formula is C22H38O3. The van der Waals surface area contributed by atoms with Gasteiger partial charge < -0.3 is 14.9 Å². The van der Waals surface area contributed by atoms with E-state index in [2.05, 4.69) is 13.8 Å². The first kappa shape index (κ1) is 21.8. The fourth-order valence-corrected chi connectivity index (χ4v) is 3.19. The monoisotopic (exact) mass is 350 g/mol. The maximum atomic E-state index is 9.83. The number of aryl methyl sites for hydroxylation is 1. The van der Waals surface area contributed by atoms with Gasteiger partial charge in [0.1, 0.15) is 0 Å². The molecule has 0 aliphatic rings. The van der Waals surface area contributed by atoms with Crippen molar-refractivity contribution in [1.82, 2.24) is 0 Å². The van der Waals surface area contributed by atoms with Gasteiger partial charge in [-0.2, -0.15) is 0 Å². The number of aromatic hydroxyl groups is 2. The molecule has 144 valence electrons. The van der Waals surface area contributed by atoms with E-state index in [1.54, 1.807) is 6.07 Å².